The summed E-state index contributed by atoms with van der Waals surface area (Å²) in [5.74, 6) is -1.65. The average molecular weight is 575 g/mol. The summed E-state index contributed by atoms with van der Waals surface area (Å²) in [4.78, 5) is 26.3. The molecule has 1 aromatic carbocycles. The Morgan fingerprint density at radius 2 is 1.82 bits per heavy atom. The zero-order valence-corrected chi connectivity index (χ0v) is 22.7. The third-order valence-corrected chi connectivity index (χ3v) is 6.92. The van der Waals surface area contributed by atoms with Crippen LogP contribution in [0.1, 0.15) is 44.5 Å². The molecular weight excluding hydrogens is 550 g/mol. The Bertz CT molecular complexity index is 1490. The van der Waals surface area contributed by atoms with Gasteiger partial charge in [0.15, 0.2) is 9.84 Å². The van der Waals surface area contributed by atoms with Gasteiger partial charge in [0.2, 0.25) is 17.5 Å². The van der Waals surface area contributed by atoms with E-state index in [0.717, 1.165) is 23.2 Å². The summed E-state index contributed by atoms with van der Waals surface area (Å²) in [6, 6.07) is 2.31. The fourth-order valence-electron chi connectivity index (χ4n) is 3.67. The minimum absolute atomic E-state index is 0.0583. The first-order chi connectivity index (χ1) is 17.8. The lowest BCUT2D eigenvalue weighted by Gasteiger charge is -2.14. The molecule has 0 bridgehead atoms. The van der Waals surface area contributed by atoms with E-state index in [0.29, 0.717) is 5.69 Å². The zero-order chi connectivity index (χ0) is 28.4. The van der Waals surface area contributed by atoms with Gasteiger partial charge in [-0.1, -0.05) is 11.6 Å². The predicted molar refractivity (Wildman–Crippen MR) is 131 cm³/mol. The van der Waals surface area contributed by atoms with Gasteiger partial charge in [-0.2, -0.15) is 10.2 Å². The number of halogens is 3. The van der Waals surface area contributed by atoms with E-state index in [-0.39, 0.29) is 50.5 Å². The van der Waals surface area contributed by atoms with Crippen molar-refractivity contribution in [1.29, 1.82) is 0 Å². The molecule has 3 aromatic rings. The van der Waals surface area contributed by atoms with Crippen LogP contribution in [0.15, 0.2) is 23.2 Å². The molecule has 0 aliphatic rings. The van der Waals surface area contributed by atoms with Crippen LogP contribution in [0.4, 0.5) is 8.78 Å². The van der Waals surface area contributed by atoms with E-state index in [4.69, 9.17) is 25.8 Å². The monoisotopic (exact) mass is 574 g/mol. The van der Waals surface area contributed by atoms with Crippen LogP contribution in [-0.2, 0) is 35.3 Å². The highest BCUT2D eigenvalue weighted by molar-refractivity contribution is 7.90. The van der Waals surface area contributed by atoms with Crippen LogP contribution in [0, 0.1) is 6.92 Å². The number of hydrogen-bond donors (Lipinski definition) is 0. The Morgan fingerprint density at radius 3 is 2.42 bits per heavy atom. The third kappa shape index (κ3) is 6.03. The highest BCUT2D eigenvalue weighted by Gasteiger charge is 2.29. The van der Waals surface area contributed by atoms with E-state index in [2.05, 4.69) is 10.2 Å². The summed E-state index contributed by atoms with van der Waals surface area (Å²) in [7, 11) is -0.807. The molecule has 38 heavy (non-hydrogen) atoms. The maximum atomic E-state index is 13.5. The van der Waals surface area contributed by atoms with Gasteiger partial charge in [0.1, 0.15) is 17.7 Å². The maximum absolute atomic E-state index is 13.5. The molecule has 3 rings (SSSR count). The number of carbonyl (C=O) groups is 2. The van der Waals surface area contributed by atoms with Crippen molar-refractivity contribution in [1.82, 2.24) is 19.6 Å². The Balaban J connectivity index is 2.02. The van der Waals surface area contributed by atoms with Gasteiger partial charge in [-0.15, -0.1) is 0 Å². The molecule has 0 radical (unpaired) electrons. The normalized spacial score (nSPS) is 11.7. The molecule has 11 nitrogen and oxygen atoms in total. The van der Waals surface area contributed by atoms with Crippen molar-refractivity contribution in [2.75, 3.05) is 19.5 Å². The van der Waals surface area contributed by atoms with Crippen LogP contribution in [0.2, 0.25) is 5.02 Å². The number of aryl methyl sites for hydroxylation is 3. The second-order valence-electron chi connectivity index (χ2n) is 8.11. The number of alkyl halides is 2. The van der Waals surface area contributed by atoms with E-state index in [1.807, 2.05) is 0 Å². The van der Waals surface area contributed by atoms with Gasteiger partial charge in [-0.05, 0) is 26.0 Å². The van der Waals surface area contributed by atoms with Gasteiger partial charge in [-0.25, -0.2) is 31.4 Å². The van der Waals surface area contributed by atoms with Crippen molar-refractivity contribution in [3.05, 3.63) is 51.3 Å². The summed E-state index contributed by atoms with van der Waals surface area (Å²) >= 11 is 6.40. The molecule has 0 amide bonds. The minimum Gasteiger partial charge on any atom is -0.478 e. The number of ketones is 1. The van der Waals surface area contributed by atoms with E-state index in [9.17, 15) is 26.8 Å². The van der Waals surface area contributed by atoms with Crippen molar-refractivity contribution >= 4 is 33.2 Å². The van der Waals surface area contributed by atoms with Crippen LogP contribution in [0.5, 0.6) is 11.8 Å². The summed E-state index contributed by atoms with van der Waals surface area (Å²) in [5.41, 5.74) is -0.0939. The highest BCUT2D eigenvalue weighted by atomic mass is 35.5. The molecule has 0 atom stereocenters. The van der Waals surface area contributed by atoms with Gasteiger partial charge in [0.05, 0.1) is 35.0 Å². The van der Waals surface area contributed by atoms with Gasteiger partial charge in [0.25, 0.3) is 6.43 Å². The van der Waals surface area contributed by atoms with Crippen LogP contribution in [-0.4, -0.2) is 65.6 Å². The fourth-order valence-corrected chi connectivity index (χ4v) is 4.96. The van der Waals surface area contributed by atoms with Crippen LogP contribution < -0.4 is 9.47 Å². The molecular formula is C23H25ClF2N4O7S. The lowest BCUT2D eigenvalue weighted by Crippen LogP contribution is -2.16. The minimum atomic E-state index is -3.84. The number of hydrogen-bond acceptors (Lipinski definition) is 9. The van der Waals surface area contributed by atoms with Gasteiger partial charge in [0, 0.05) is 31.5 Å². The number of carbonyl (C=O) groups excluding carboxylic acids is 2. The van der Waals surface area contributed by atoms with Crippen molar-refractivity contribution < 1.29 is 41.0 Å². The van der Waals surface area contributed by atoms with Crippen LogP contribution >= 0.6 is 11.6 Å². The molecule has 0 saturated heterocycles. The van der Waals surface area contributed by atoms with E-state index in [1.165, 1.54) is 17.8 Å². The molecule has 2 aromatic heterocycles. The summed E-state index contributed by atoms with van der Waals surface area (Å²) < 4.78 is 68.1. The molecule has 206 valence electrons. The molecule has 0 unspecified atom stereocenters. The Hall–Kier alpha value is -3.36. The first kappa shape index (κ1) is 29.2. The van der Waals surface area contributed by atoms with Crippen LogP contribution in [0.3, 0.4) is 0 Å². The second kappa shape index (κ2) is 11.6. The number of esters is 1. The largest absolute Gasteiger partial charge is 0.478 e. The lowest BCUT2D eigenvalue weighted by molar-refractivity contribution is 0.00922. The van der Waals surface area contributed by atoms with Crippen molar-refractivity contribution in [2.45, 2.75) is 31.8 Å². The second-order valence-corrected chi connectivity index (χ2v) is 10.5. The Labute approximate surface area is 222 Å². The fraction of sp³-hybridized carbons (Fsp3) is 0.391. The van der Waals surface area contributed by atoms with E-state index < -0.39 is 41.2 Å². The third-order valence-electron chi connectivity index (χ3n) is 5.31. The Kier molecular flexibility index (Phi) is 8.90. The number of sulfone groups is 1. The number of rotatable bonds is 11. The first-order valence-electron chi connectivity index (χ1n) is 11.1. The van der Waals surface area contributed by atoms with Gasteiger partial charge >= 0.3 is 5.97 Å². The molecule has 2 heterocycles. The molecule has 0 saturated carbocycles. The number of nitrogens with zero attached hydrogens (tertiary/aromatic N) is 4. The standard InChI is InChI=1S/C23H25ClF2N4O7S/c1-6-36-22-18(12(2)28-30(22)4)23(32)37-21-14(9-27-29(21)3)20(31)13-7-8-16(38(5,33)34)15(19(13)24)10-35-11-17(25)26/h7-9,17H,6,10-11H2,1-5H3. The number of ether oxygens (including phenoxy) is 3. The molecule has 0 aliphatic carbocycles. The Morgan fingerprint density at radius 1 is 1.13 bits per heavy atom. The van der Waals surface area contributed by atoms with Gasteiger partial charge in [-0.3, -0.25) is 4.79 Å². The quantitative estimate of drug-likeness (QED) is 0.250. The van der Waals surface area contributed by atoms with Crippen LogP contribution in [0.25, 0.3) is 0 Å². The van der Waals surface area contributed by atoms with Crippen molar-refractivity contribution in [2.24, 2.45) is 14.1 Å². The number of aromatic nitrogens is 4. The SMILES string of the molecule is CCOc1c(C(=O)Oc2c(C(=O)c3ccc(S(C)(=O)=O)c(COCC(F)F)c3Cl)cnn2C)c(C)nn1C. The highest BCUT2D eigenvalue weighted by Crippen LogP contribution is 2.33. The molecule has 0 spiro atoms. The van der Waals surface area contributed by atoms with Crippen molar-refractivity contribution in [3.63, 3.8) is 0 Å². The average Bonchev–Trinajstić information content (AvgIpc) is 3.31. The topological polar surface area (TPSA) is 132 Å². The maximum Gasteiger partial charge on any atom is 0.352 e. The summed E-state index contributed by atoms with van der Waals surface area (Å²) in [6.07, 6.45) is -0.732. The van der Waals surface area contributed by atoms with E-state index >= 15 is 0 Å². The van der Waals surface area contributed by atoms with Gasteiger partial charge < -0.3 is 14.2 Å². The molecule has 0 N–H and O–H groups in total. The smallest absolute Gasteiger partial charge is 0.352 e. The predicted octanol–water partition coefficient (Wildman–Crippen LogP) is 3.15. The van der Waals surface area contributed by atoms with E-state index in [1.54, 1.807) is 20.9 Å². The zero-order valence-electron chi connectivity index (χ0n) is 21.1. The summed E-state index contributed by atoms with van der Waals surface area (Å²) in [6.45, 7) is 2.05. The summed E-state index contributed by atoms with van der Waals surface area (Å²) in [5, 5.41) is 7.85. The molecule has 0 fully saturated rings. The number of benzene rings is 1. The first-order valence-corrected chi connectivity index (χ1v) is 13.4. The van der Waals surface area contributed by atoms with Crippen molar-refractivity contribution in [3.8, 4) is 11.8 Å². The lowest BCUT2D eigenvalue weighted by atomic mass is 10.0. The molecule has 15 heteroatoms. The molecule has 0 aliphatic heterocycles.